The van der Waals surface area contributed by atoms with Crippen LogP contribution in [-0.4, -0.2) is 47.4 Å². The Hall–Kier alpha value is -0.570. The highest BCUT2D eigenvalue weighted by atomic mass is 16.2. The molecule has 2 saturated heterocycles. The molecule has 1 spiro atoms. The SMILES string of the molecule is O=C1CCC2(CCCN(CC3CC3)CC2)N1CC1CCCCC1. The Labute approximate surface area is 141 Å². The zero-order valence-electron chi connectivity index (χ0n) is 14.8. The number of carbonyl (C=O) groups excluding carboxylic acids is 1. The van der Waals surface area contributed by atoms with Crippen LogP contribution < -0.4 is 0 Å². The molecule has 2 aliphatic heterocycles. The lowest BCUT2D eigenvalue weighted by Crippen LogP contribution is -2.48. The first-order chi connectivity index (χ1) is 11.3. The lowest BCUT2D eigenvalue weighted by molar-refractivity contribution is -0.132. The first-order valence-corrected chi connectivity index (χ1v) is 10.3. The van der Waals surface area contributed by atoms with Crippen LogP contribution in [0.3, 0.4) is 0 Å². The van der Waals surface area contributed by atoms with Gasteiger partial charge in [-0.15, -0.1) is 0 Å². The second kappa shape index (κ2) is 6.74. The molecule has 130 valence electrons. The zero-order valence-corrected chi connectivity index (χ0v) is 14.8. The average molecular weight is 319 g/mol. The van der Waals surface area contributed by atoms with Gasteiger partial charge in [0, 0.05) is 31.6 Å². The fourth-order valence-electron chi connectivity index (χ4n) is 5.40. The van der Waals surface area contributed by atoms with Crippen molar-refractivity contribution in [1.29, 1.82) is 0 Å². The van der Waals surface area contributed by atoms with Gasteiger partial charge >= 0.3 is 0 Å². The summed E-state index contributed by atoms with van der Waals surface area (Å²) in [6.07, 6.45) is 15.5. The van der Waals surface area contributed by atoms with Gasteiger partial charge in [-0.3, -0.25) is 4.79 Å². The Kier molecular flexibility index (Phi) is 4.67. The summed E-state index contributed by atoms with van der Waals surface area (Å²) >= 11 is 0. The molecular weight excluding hydrogens is 284 g/mol. The second-order valence-corrected chi connectivity index (χ2v) is 8.83. The second-order valence-electron chi connectivity index (χ2n) is 8.83. The molecular formula is C20H34N2O. The Balaban J connectivity index is 1.40. The zero-order chi connectivity index (χ0) is 15.7. The Bertz CT molecular complexity index is 427. The molecule has 1 amide bonds. The highest BCUT2D eigenvalue weighted by Crippen LogP contribution is 2.41. The molecule has 0 N–H and O–H groups in total. The minimum absolute atomic E-state index is 0.229. The molecule has 1 unspecified atom stereocenters. The van der Waals surface area contributed by atoms with Gasteiger partial charge in [-0.2, -0.15) is 0 Å². The monoisotopic (exact) mass is 318 g/mol. The first-order valence-electron chi connectivity index (χ1n) is 10.3. The van der Waals surface area contributed by atoms with E-state index in [0.29, 0.717) is 5.91 Å². The summed E-state index contributed by atoms with van der Waals surface area (Å²) in [5.74, 6) is 2.24. The summed E-state index contributed by atoms with van der Waals surface area (Å²) in [6.45, 7) is 4.89. The minimum atomic E-state index is 0.229. The van der Waals surface area contributed by atoms with Gasteiger partial charge in [0.25, 0.3) is 0 Å². The van der Waals surface area contributed by atoms with Crippen LogP contribution in [0.25, 0.3) is 0 Å². The van der Waals surface area contributed by atoms with E-state index in [1.807, 2.05) is 0 Å². The first kappa shape index (κ1) is 15.9. The molecule has 4 aliphatic rings. The normalized spacial score (nSPS) is 34.3. The highest BCUT2D eigenvalue weighted by molar-refractivity contribution is 5.79. The highest BCUT2D eigenvalue weighted by Gasteiger charge is 2.46. The van der Waals surface area contributed by atoms with E-state index in [9.17, 15) is 4.79 Å². The van der Waals surface area contributed by atoms with E-state index in [4.69, 9.17) is 0 Å². The Morgan fingerprint density at radius 1 is 0.826 bits per heavy atom. The lowest BCUT2D eigenvalue weighted by Gasteiger charge is -2.41. The van der Waals surface area contributed by atoms with E-state index in [1.165, 1.54) is 83.8 Å². The van der Waals surface area contributed by atoms with E-state index in [2.05, 4.69) is 9.80 Å². The minimum Gasteiger partial charge on any atom is -0.337 e. The molecule has 0 bridgehead atoms. The van der Waals surface area contributed by atoms with Crippen LogP contribution >= 0.6 is 0 Å². The number of hydrogen-bond donors (Lipinski definition) is 0. The summed E-state index contributed by atoms with van der Waals surface area (Å²) in [4.78, 5) is 17.7. The average Bonchev–Trinajstić information content (AvgIpc) is 3.36. The van der Waals surface area contributed by atoms with Gasteiger partial charge in [0.2, 0.25) is 5.91 Å². The maximum Gasteiger partial charge on any atom is 0.223 e. The molecule has 4 fully saturated rings. The molecule has 1 atom stereocenters. The van der Waals surface area contributed by atoms with Gasteiger partial charge in [0.1, 0.15) is 0 Å². The third kappa shape index (κ3) is 3.60. The summed E-state index contributed by atoms with van der Waals surface area (Å²) in [5.41, 5.74) is 0.229. The number of amides is 1. The summed E-state index contributed by atoms with van der Waals surface area (Å²) < 4.78 is 0. The van der Waals surface area contributed by atoms with Gasteiger partial charge in [0.05, 0.1) is 0 Å². The van der Waals surface area contributed by atoms with E-state index in [0.717, 1.165) is 31.2 Å². The van der Waals surface area contributed by atoms with Crippen molar-refractivity contribution in [1.82, 2.24) is 9.80 Å². The smallest absolute Gasteiger partial charge is 0.223 e. The number of hydrogen-bond acceptors (Lipinski definition) is 2. The van der Waals surface area contributed by atoms with E-state index in [1.54, 1.807) is 0 Å². The van der Waals surface area contributed by atoms with Crippen LogP contribution in [0, 0.1) is 11.8 Å². The van der Waals surface area contributed by atoms with Crippen molar-refractivity contribution >= 4 is 5.91 Å². The van der Waals surface area contributed by atoms with Gasteiger partial charge in [-0.1, -0.05) is 19.3 Å². The van der Waals surface area contributed by atoms with Gasteiger partial charge in [-0.25, -0.2) is 0 Å². The summed E-state index contributed by atoms with van der Waals surface area (Å²) in [5, 5.41) is 0. The van der Waals surface area contributed by atoms with Crippen molar-refractivity contribution in [2.75, 3.05) is 26.2 Å². The van der Waals surface area contributed by atoms with Crippen LogP contribution in [0.1, 0.15) is 77.0 Å². The quantitative estimate of drug-likeness (QED) is 0.786. The predicted octanol–water partition coefficient (Wildman–Crippen LogP) is 3.82. The van der Waals surface area contributed by atoms with E-state index < -0.39 is 0 Å². The predicted molar refractivity (Wildman–Crippen MR) is 93.3 cm³/mol. The van der Waals surface area contributed by atoms with Gasteiger partial charge in [-0.05, 0) is 69.7 Å². The van der Waals surface area contributed by atoms with Crippen molar-refractivity contribution in [3.05, 3.63) is 0 Å². The fraction of sp³-hybridized carbons (Fsp3) is 0.950. The van der Waals surface area contributed by atoms with E-state index in [-0.39, 0.29) is 5.54 Å². The summed E-state index contributed by atoms with van der Waals surface area (Å²) in [6, 6.07) is 0. The molecule has 0 aromatic rings. The van der Waals surface area contributed by atoms with Crippen molar-refractivity contribution < 1.29 is 4.79 Å². The third-order valence-corrected chi connectivity index (χ3v) is 7.07. The van der Waals surface area contributed by atoms with Crippen LogP contribution in [0.5, 0.6) is 0 Å². The molecule has 2 saturated carbocycles. The molecule has 2 heterocycles. The molecule has 0 aromatic carbocycles. The van der Waals surface area contributed by atoms with E-state index >= 15 is 0 Å². The maximum atomic E-state index is 12.6. The number of nitrogens with zero attached hydrogens (tertiary/aromatic N) is 2. The lowest BCUT2D eigenvalue weighted by atomic mass is 9.84. The number of likely N-dealkylation sites (tertiary alicyclic amines) is 2. The number of rotatable bonds is 4. The van der Waals surface area contributed by atoms with Crippen LogP contribution in [0.2, 0.25) is 0 Å². The molecule has 23 heavy (non-hydrogen) atoms. The molecule has 0 radical (unpaired) electrons. The largest absolute Gasteiger partial charge is 0.337 e. The van der Waals surface area contributed by atoms with Gasteiger partial charge in [0.15, 0.2) is 0 Å². The number of carbonyl (C=O) groups is 1. The topological polar surface area (TPSA) is 23.6 Å². The van der Waals surface area contributed by atoms with Crippen molar-refractivity contribution in [2.45, 2.75) is 82.6 Å². The molecule has 4 rings (SSSR count). The Morgan fingerprint density at radius 3 is 2.39 bits per heavy atom. The standard InChI is InChI=1S/C20H34N2O/c23-19-9-11-20(22(19)16-17-5-2-1-3-6-17)10-4-13-21(14-12-20)15-18-7-8-18/h17-18H,1-16H2. The van der Waals surface area contributed by atoms with Crippen LogP contribution in [0.4, 0.5) is 0 Å². The maximum absolute atomic E-state index is 12.6. The molecule has 2 aliphatic carbocycles. The Morgan fingerprint density at radius 2 is 1.61 bits per heavy atom. The van der Waals surface area contributed by atoms with Crippen LogP contribution in [0.15, 0.2) is 0 Å². The third-order valence-electron chi connectivity index (χ3n) is 7.07. The molecule has 3 nitrogen and oxygen atoms in total. The van der Waals surface area contributed by atoms with Crippen molar-refractivity contribution in [3.63, 3.8) is 0 Å². The van der Waals surface area contributed by atoms with Crippen LogP contribution in [-0.2, 0) is 4.79 Å². The van der Waals surface area contributed by atoms with Gasteiger partial charge < -0.3 is 9.80 Å². The fourth-order valence-corrected chi connectivity index (χ4v) is 5.40. The molecule has 0 aromatic heterocycles. The van der Waals surface area contributed by atoms with Crippen molar-refractivity contribution in [3.8, 4) is 0 Å². The van der Waals surface area contributed by atoms with Crippen molar-refractivity contribution in [2.24, 2.45) is 11.8 Å². The summed E-state index contributed by atoms with van der Waals surface area (Å²) in [7, 11) is 0. The molecule has 3 heteroatoms.